The van der Waals surface area contributed by atoms with Crippen LogP contribution in [-0.4, -0.2) is 40.3 Å². The molecule has 0 spiro atoms. The van der Waals surface area contributed by atoms with Crippen molar-refractivity contribution in [2.24, 2.45) is 0 Å². The monoisotopic (exact) mass is 306 g/mol. The first-order valence-electron chi connectivity index (χ1n) is 7.35. The number of carbonyl (C=O) groups excluding carboxylic acids is 2. The Labute approximate surface area is 130 Å². The topological polar surface area (TPSA) is 49.4 Å². The number of anilines is 1. The summed E-state index contributed by atoms with van der Waals surface area (Å²) in [6, 6.07) is 9.62. The van der Waals surface area contributed by atoms with Crippen LogP contribution in [0.1, 0.15) is 26.7 Å². The molecule has 0 bridgehead atoms. The summed E-state index contributed by atoms with van der Waals surface area (Å²) in [5.74, 6) is 0.437. The van der Waals surface area contributed by atoms with Crippen molar-refractivity contribution in [3.63, 3.8) is 0 Å². The van der Waals surface area contributed by atoms with Crippen molar-refractivity contribution < 1.29 is 9.59 Å². The maximum atomic E-state index is 12.3. The molecule has 1 N–H and O–H groups in total. The highest BCUT2D eigenvalue weighted by Crippen LogP contribution is 2.25. The summed E-state index contributed by atoms with van der Waals surface area (Å²) in [6.45, 7) is 4.91. The molecule has 5 heteroatoms. The minimum absolute atomic E-state index is 0.0549. The van der Waals surface area contributed by atoms with E-state index in [-0.39, 0.29) is 23.1 Å². The molecule has 2 amide bonds. The zero-order valence-corrected chi connectivity index (χ0v) is 13.4. The summed E-state index contributed by atoms with van der Waals surface area (Å²) in [7, 11) is 0. The van der Waals surface area contributed by atoms with Crippen LogP contribution < -0.4 is 5.32 Å². The van der Waals surface area contributed by atoms with E-state index in [2.05, 4.69) is 5.32 Å². The van der Waals surface area contributed by atoms with Crippen LogP contribution in [0.5, 0.6) is 0 Å². The second-order valence-corrected chi connectivity index (χ2v) is 6.67. The van der Waals surface area contributed by atoms with Crippen LogP contribution in [0.15, 0.2) is 30.3 Å². The van der Waals surface area contributed by atoms with E-state index in [1.807, 2.05) is 49.1 Å². The van der Waals surface area contributed by atoms with Gasteiger partial charge in [-0.3, -0.25) is 9.59 Å². The van der Waals surface area contributed by atoms with Crippen molar-refractivity contribution in [2.75, 3.05) is 17.6 Å². The summed E-state index contributed by atoms with van der Waals surface area (Å²) >= 11 is 1.45. The molecule has 1 aromatic carbocycles. The van der Waals surface area contributed by atoms with Crippen molar-refractivity contribution in [1.82, 2.24) is 4.90 Å². The van der Waals surface area contributed by atoms with Crippen LogP contribution in [0.3, 0.4) is 0 Å². The lowest BCUT2D eigenvalue weighted by molar-refractivity contribution is -0.134. The molecule has 1 aliphatic heterocycles. The highest BCUT2D eigenvalue weighted by Gasteiger charge is 2.30. The molecule has 1 aliphatic rings. The van der Waals surface area contributed by atoms with E-state index in [1.165, 1.54) is 11.8 Å². The summed E-state index contributed by atoms with van der Waals surface area (Å²) < 4.78 is 0. The number of para-hydroxylation sites is 1. The maximum Gasteiger partial charge on any atom is 0.235 e. The number of benzene rings is 1. The molecule has 1 heterocycles. The van der Waals surface area contributed by atoms with E-state index in [0.717, 1.165) is 25.1 Å². The van der Waals surface area contributed by atoms with Crippen molar-refractivity contribution in [3.05, 3.63) is 30.3 Å². The van der Waals surface area contributed by atoms with Gasteiger partial charge in [0.2, 0.25) is 11.8 Å². The van der Waals surface area contributed by atoms with Gasteiger partial charge in [-0.2, -0.15) is 0 Å². The molecule has 0 unspecified atom stereocenters. The first-order chi connectivity index (χ1) is 10.1. The predicted octanol–water partition coefficient (Wildman–Crippen LogP) is 2.76. The Morgan fingerprint density at radius 1 is 1.38 bits per heavy atom. The lowest BCUT2D eigenvalue weighted by Crippen LogP contribution is -2.46. The number of likely N-dealkylation sites (tertiary alicyclic amines) is 1. The van der Waals surface area contributed by atoms with Gasteiger partial charge in [0.05, 0.1) is 11.0 Å². The predicted molar refractivity (Wildman–Crippen MR) is 87.4 cm³/mol. The Morgan fingerprint density at radius 2 is 2.10 bits per heavy atom. The van der Waals surface area contributed by atoms with E-state index < -0.39 is 0 Å². The Kier molecular flexibility index (Phi) is 5.67. The fourth-order valence-corrected chi connectivity index (χ4v) is 3.46. The molecule has 1 atom stereocenters. The summed E-state index contributed by atoms with van der Waals surface area (Å²) in [4.78, 5) is 26.1. The third-order valence-electron chi connectivity index (χ3n) is 3.52. The summed E-state index contributed by atoms with van der Waals surface area (Å²) in [6.07, 6.45) is 1.88. The molecule has 0 saturated carbocycles. The van der Waals surface area contributed by atoms with Crippen LogP contribution in [0, 0.1) is 0 Å². The zero-order valence-electron chi connectivity index (χ0n) is 12.5. The minimum atomic E-state index is -0.0809. The van der Waals surface area contributed by atoms with Crippen molar-refractivity contribution in [1.29, 1.82) is 0 Å². The summed E-state index contributed by atoms with van der Waals surface area (Å²) in [5.41, 5.74) is 0.793. The average molecular weight is 306 g/mol. The molecular weight excluding hydrogens is 284 g/mol. The molecule has 2 rings (SSSR count). The minimum Gasteiger partial charge on any atom is -0.339 e. The third-order valence-corrected chi connectivity index (χ3v) is 4.79. The molecule has 0 radical (unpaired) electrons. The van der Waals surface area contributed by atoms with E-state index in [0.29, 0.717) is 5.75 Å². The Morgan fingerprint density at radius 3 is 2.76 bits per heavy atom. The molecule has 4 nitrogen and oxygen atoms in total. The average Bonchev–Trinajstić information content (AvgIpc) is 2.47. The van der Waals surface area contributed by atoms with Crippen LogP contribution in [0.25, 0.3) is 0 Å². The molecule has 114 valence electrons. The number of hydrogen-bond donors (Lipinski definition) is 1. The Hall–Kier alpha value is -1.49. The molecular formula is C16H22N2O2S. The zero-order chi connectivity index (χ0) is 15.2. The molecule has 21 heavy (non-hydrogen) atoms. The molecule has 1 fully saturated rings. The first kappa shape index (κ1) is 15.9. The Bertz CT molecular complexity index is 490. The smallest absolute Gasteiger partial charge is 0.235 e. The normalized spacial score (nSPS) is 18.9. The van der Waals surface area contributed by atoms with E-state index >= 15 is 0 Å². The second-order valence-electron chi connectivity index (χ2n) is 5.48. The molecule has 1 aromatic rings. The number of nitrogens with one attached hydrogen (secondary N) is 1. The fraction of sp³-hybridized carbons (Fsp3) is 0.500. The number of carbonyl (C=O) groups is 2. The number of piperidine rings is 1. The third kappa shape index (κ3) is 4.49. The fourth-order valence-electron chi connectivity index (χ4n) is 2.43. The van der Waals surface area contributed by atoms with Crippen molar-refractivity contribution in [3.8, 4) is 0 Å². The highest BCUT2D eigenvalue weighted by atomic mass is 32.2. The van der Waals surface area contributed by atoms with Gasteiger partial charge in [-0.1, -0.05) is 18.2 Å². The van der Waals surface area contributed by atoms with Gasteiger partial charge in [0, 0.05) is 18.3 Å². The maximum absolute atomic E-state index is 12.3. The van der Waals surface area contributed by atoms with Gasteiger partial charge >= 0.3 is 0 Å². The second kappa shape index (κ2) is 7.50. The quantitative estimate of drug-likeness (QED) is 0.910. The lowest BCUT2D eigenvalue weighted by atomic mass is 10.1. The van der Waals surface area contributed by atoms with Gasteiger partial charge in [0.1, 0.15) is 0 Å². The van der Waals surface area contributed by atoms with Crippen LogP contribution in [0.4, 0.5) is 5.69 Å². The number of hydrogen-bond acceptors (Lipinski definition) is 3. The largest absolute Gasteiger partial charge is 0.339 e. The number of thioether (sulfide) groups is 1. The first-order valence-corrected chi connectivity index (χ1v) is 8.40. The SMILES string of the molecule is CC(C)N1CCC[C@H](SCC(=O)Nc2ccccc2)C1=O. The highest BCUT2D eigenvalue weighted by molar-refractivity contribution is 8.01. The van der Waals surface area contributed by atoms with Crippen LogP contribution in [-0.2, 0) is 9.59 Å². The molecule has 0 aliphatic carbocycles. The standard InChI is InChI=1S/C16H22N2O2S/c1-12(2)18-10-6-9-14(16(18)20)21-11-15(19)17-13-7-4-3-5-8-13/h3-5,7-8,12,14H,6,9-11H2,1-2H3,(H,17,19)/t14-/m0/s1. The van der Waals surface area contributed by atoms with E-state index in [9.17, 15) is 9.59 Å². The number of amides is 2. The number of rotatable bonds is 5. The Balaban J connectivity index is 1.82. The van der Waals surface area contributed by atoms with Gasteiger partial charge in [0.15, 0.2) is 0 Å². The number of nitrogens with zero attached hydrogens (tertiary/aromatic N) is 1. The van der Waals surface area contributed by atoms with Gasteiger partial charge < -0.3 is 10.2 Å². The van der Waals surface area contributed by atoms with Crippen LogP contribution >= 0.6 is 11.8 Å². The van der Waals surface area contributed by atoms with Gasteiger partial charge in [-0.15, -0.1) is 11.8 Å². The van der Waals surface area contributed by atoms with E-state index in [4.69, 9.17) is 0 Å². The van der Waals surface area contributed by atoms with Gasteiger partial charge in [-0.05, 0) is 38.8 Å². The van der Waals surface area contributed by atoms with Crippen molar-refractivity contribution in [2.45, 2.75) is 38.0 Å². The van der Waals surface area contributed by atoms with Crippen LogP contribution in [0.2, 0.25) is 0 Å². The van der Waals surface area contributed by atoms with Gasteiger partial charge in [-0.25, -0.2) is 0 Å². The summed E-state index contributed by atoms with van der Waals surface area (Å²) in [5, 5.41) is 2.76. The van der Waals surface area contributed by atoms with Crippen molar-refractivity contribution >= 4 is 29.3 Å². The lowest BCUT2D eigenvalue weighted by Gasteiger charge is -2.34. The van der Waals surface area contributed by atoms with E-state index in [1.54, 1.807) is 0 Å². The molecule has 0 aromatic heterocycles. The van der Waals surface area contributed by atoms with Gasteiger partial charge in [0.25, 0.3) is 0 Å². The molecule has 1 saturated heterocycles.